The van der Waals surface area contributed by atoms with Crippen molar-refractivity contribution in [2.45, 2.75) is 26.9 Å². The molecule has 0 aromatic heterocycles. The van der Waals surface area contributed by atoms with Crippen LogP contribution < -0.4 is 10.1 Å². The molecule has 1 atom stereocenters. The summed E-state index contributed by atoms with van der Waals surface area (Å²) in [5.41, 5.74) is 2.32. The molecule has 0 aliphatic heterocycles. The first kappa shape index (κ1) is 13.5. The van der Waals surface area contributed by atoms with E-state index in [0.29, 0.717) is 5.75 Å². The molecule has 1 rings (SSSR count). The topological polar surface area (TPSA) is 58.6 Å². The van der Waals surface area contributed by atoms with E-state index in [9.17, 15) is 4.79 Å². The molecule has 17 heavy (non-hydrogen) atoms. The van der Waals surface area contributed by atoms with Gasteiger partial charge >= 0.3 is 0 Å². The van der Waals surface area contributed by atoms with E-state index in [2.05, 4.69) is 5.32 Å². The molecule has 1 aromatic rings. The lowest BCUT2D eigenvalue weighted by atomic mass is 10.1. The molecule has 94 valence electrons. The van der Waals surface area contributed by atoms with Crippen molar-refractivity contribution < 1.29 is 14.6 Å². The fourth-order valence-corrected chi connectivity index (χ4v) is 1.27. The highest BCUT2D eigenvalue weighted by Crippen LogP contribution is 2.16. The first-order valence-electron chi connectivity index (χ1n) is 5.64. The van der Waals surface area contributed by atoms with Crippen LogP contribution in [-0.4, -0.2) is 30.3 Å². The van der Waals surface area contributed by atoms with E-state index < -0.39 is 6.10 Å². The third-order valence-electron chi connectivity index (χ3n) is 2.44. The Labute approximate surface area is 102 Å². The average Bonchev–Trinajstić information content (AvgIpc) is 2.28. The number of hydrogen-bond acceptors (Lipinski definition) is 3. The van der Waals surface area contributed by atoms with Gasteiger partial charge in [-0.15, -0.1) is 0 Å². The van der Waals surface area contributed by atoms with Crippen LogP contribution in [0.5, 0.6) is 5.75 Å². The number of aliphatic hydroxyl groups is 1. The highest BCUT2D eigenvalue weighted by atomic mass is 16.5. The third-order valence-corrected chi connectivity index (χ3v) is 2.44. The molecule has 1 unspecified atom stereocenters. The van der Waals surface area contributed by atoms with E-state index in [1.807, 2.05) is 32.0 Å². The van der Waals surface area contributed by atoms with Gasteiger partial charge in [-0.25, -0.2) is 0 Å². The number of carbonyl (C=O) groups is 1. The van der Waals surface area contributed by atoms with Gasteiger partial charge in [-0.1, -0.05) is 6.07 Å². The summed E-state index contributed by atoms with van der Waals surface area (Å²) in [6.45, 7) is 5.85. The molecule has 4 heteroatoms. The van der Waals surface area contributed by atoms with Gasteiger partial charge in [0.1, 0.15) is 5.75 Å². The van der Waals surface area contributed by atoms with Gasteiger partial charge in [0, 0.05) is 6.54 Å². The fraction of sp³-hybridized carbons (Fsp3) is 0.462. The zero-order chi connectivity index (χ0) is 12.8. The van der Waals surface area contributed by atoms with Crippen LogP contribution >= 0.6 is 0 Å². The molecular formula is C13H19NO3. The molecular weight excluding hydrogens is 218 g/mol. The molecule has 0 saturated heterocycles. The van der Waals surface area contributed by atoms with Crippen LogP contribution in [-0.2, 0) is 4.79 Å². The van der Waals surface area contributed by atoms with Crippen LogP contribution in [0.2, 0.25) is 0 Å². The summed E-state index contributed by atoms with van der Waals surface area (Å²) in [5, 5.41) is 11.6. The van der Waals surface area contributed by atoms with Crippen molar-refractivity contribution in [3.63, 3.8) is 0 Å². The van der Waals surface area contributed by atoms with Crippen LogP contribution in [0.3, 0.4) is 0 Å². The summed E-state index contributed by atoms with van der Waals surface area (Å²) in [7, 11) is 0. The summed E-state index contributed by atoms with van der Waals surface area (Å²) in [5.74, 6) is 0.449. The number of nitrogens with one attached hydrogen (secondary N) is 1. The minimum atomic E-state index is -0.541. The number of ether oxygens (including phenoxy) is 1. The van der Waals surface area contributed by atoms with Gasteiger partial charge < -0.3 is 15.2 Å². The Kier molecular flexibility index (Phi) is 4.97. The van der Waals surface area contributed by atoms with Gasteiger partial charge in [-0.05, 0) is 44.0 Å². The maximum atomic E-state index is 11.3. The highest BCUT2D eigenvalue weighted by Gasteiger charge is 2.04. The second-order valence-electron chi connectivity index (χ2n) is 4.19. The first-order valence-corrected chi connectivity index (χ1v) is 5.64. The van der Waals surface area contributed by atoms with Gasteiger partial charge in [0.2, 0.25) is 0 Å². The molecule has 0 aliphatic carbocycles. The molecule has 1 aromatic carbocycles. The lowest BCUT2D eigenvalue weighted by Crippen LogP contribution is -2.34. The number of hydrogen-bond donors (Lipinski definition) is 2. The van der Waals surface area contributed by atoms with Crippen LogP contribution in [0.15, 0.2) is 18.2 Å². The Balaban J connectivity index is 2.39. The monoisotopic (exact) mass is 237 g/mol. The van der Waals surface area contributed by atoms with Crippen molar-refractivity contribution in [2.75, 3.05) is 13.2 Å². The van der Waals surface area contributed by atoms with Crippen LogP contribution in [0.4, 0.5) is 0 Å². The molecule has 0 fully saturated rings. The standard InChI is InChI=1S/C13H19NO3/c1-9-4-5-12(6-10(9)2)17-8-13(16)14-7-11(3)15/h4-6,11,15H,7-8H2,1-3H3,(H,14,16). The van der Waals surface area contributed by atoms with Gasteiger partial charge in [0.15, 0.2) is 6.61 Å². The summed E-state index contributed by atoms with van der Waals surface area (Å²) >= 11 is 0. The average molecular weight is 237 g/mol. The number of aliphatic hydroxyl groups excluding tert-OH is 1. The Morgan fingerprint density at radius 1 is 1.41 bits per heavy atom. The van der Waals surface area contributed by atoms with Crippen LogP contribution in [0, 0.1) is 13.8 Å². The minimum Gasteiger partial charge on any atom is -0.484 e. The van der Waals surface area contributed by atoms with Gasteiger partial charge in [-0.3, -0.25) is 4.79 Å². The predicted octanol–water partition coefficient (Wildman–Crippen LogP) is 1.18. The second kappa shape index (κ2) is 6.25. The van der Waals surface area contributed by atoms with Crippen LogP contribution in [0.25, 0.3) is 0 Å². The van der Waals surface area contributed by atoms with E-state index in [0.717, 1.165) is 5.56 Å². The van der Waals surface area contributed by atoms with Gasteiger partial charge in [-0.2, -0.15) is 0 Å². The van der Waals surface area contributed by atoms with E-state index in [4.69, 9.17) is 9.84 Å². The van der Waals surface area contributed by atoms with Crippen LogP contribution in [0.1, 0.15) is 18.1 Å². The van der Waals surface area contributed by atoms with E-state index in [1.54, 1.807) is 6.92 Å². The van der Waals surface area contributed by atoms with E-state index in [-0.39, 0.29) is 19.1 Å². The van der Waals surface area contributed by atoms with Crippen molar-refractivity contribution in [1.82, 2.24) is 5.32 Å². The normalized spacial score (nSPS) is 12.0. The van der Waals surface area contributed by atoms with Crippen molar-refractivity contribution in [1.29, 1.82) is 0 Å². The Hall–Kier alpha value is -1.55. The summed E-state index contributed by atoms with van der Waals surface area (Å²) in [4.78, 5) is 11.3. The Bertz CT molecular complexity index is 388. The zero-order valence-corrected chi connectivity index (χ0v) is 10.5. The lowest BCUT2D eigenvalue weighted by Gasteiger charge is -2.09. The van der Waals surface area contributed by atoms with Gasteiger partial charge in [0.25, 0.3) is 5.91 Å². The first-order chi connectivity index (χ1) is 7.99. The zero-order valence-electron chi connectivity index (χ0n) is 10.5. The van der Waals surface area contributed by atoms with Gasteiger partial charge in [0.05, 0.1) is 6.10 Å². The second-order valence-corrected chi connectivity index (χ2v) is 4.19. The Morgan fingerprint density at radius 2 is 2.12 bits per heavy atom. The predicted molar refractivity (Wildman–Crippen MR) is 66.1 cm³/mol. The van der Waals surface area contributed by atoms with Crippen molar-refractivity contribution in [3.8, 4) is 5.75 Å². The number of benzene rings is 1. The van der Waals surface area contributed by atoms with Crippen molar-refractivity contribution in [3.05, 3.63) is 29.3 Å². The Morgan fingerprint density at radius 3 is 2.71 bits per heavy atom. The fourth-order valence-electron chi connectivity index (χ4n) is 1.27. The number of aryl methyl sites for hydroxylation is 2. The number of carbonyl (C=O) groups excluding carboxylic acids is 1. The molecule has 0 aliphatic rings. The molecule has 0 saturated carbocycles. The minimum absolute atomic E-state index is 0.0325. The maximum absolute atomic E-state index is 11.3. The summed E-state index contributed by atoms with van der Waals surface area (Å²) in [6, 6.07) is 5.69. The molecule has 0 radical (unpaired) electrons. The number of amides is 1. The summed E-state index contributed by atoms with van der Waals surface area (Å²) in [6.07, 6.45) is -0.541. The number of rotatable bonds is 5. The molecule has 0 spiro atoms. The molecule has 0 heterocycles. The SMILES string of the molecule is Cc1ccc(OCC(=O)NCC(C)O)cc1C. The quantitative estimate of drug-likeness (QED) is 0.808. The highest BCUT2D eigenvalue weighted by molar-refractivity contribution is 5.77. The maximum Gasteiger partial charge on any atom is 0.258 e. The molecule has 1 amide bonds. The van der Waals surface area contributed by atoms with Crippen molar-refractivity contribution in [2.24, 2.45) is 0 Å². The van der Waals surface area contributed by atoms with E-state index >= 15 is 0 Å². The summed E-state index contributed by atoms with van der Waals surface area (Å²) < 4.78 is 5.34. The smallest absolute Gasteiger partial charge is 0.258 e. The van der Waals surface area contributed by atoms with Crippen molar-refractivity contribution >= 4 is 5.91 Å². The largest absolute Gasteiger partial charge is 0.484 e. The molecule has 0 bridgehead atoms. The lowest BCUT2D eigenvalue weighted by molar-refractivity contribution is -0.123. The molecule has 4 nitrogen and oxygen atoms in total. The van der Waals surface area contributed by atoms with E-state index in [1.165, 1.54) is 5.56 Å². The molecule has 2 N–H and O–H groups in total. The third kappa shape index (κ3) is 4.87.